The summed E-state index contributed by atoms with van der Waals surface area (Å²) in [6.45, 7) is 1.84. The van der Waals surface area contributed by atoms with Crippen molar-refractivity contribution in [3.05, 3.63) is 29.2 Å². The minimum absolute atomic E-state index is 0.0641. The third kappa shape index (κ3) is 3.53. The van der Waals surface area contributed by atoms with Gasteiger partial charge in [-0.3, -0.25) is 10.2 Å². The van der Waals surface area contributed by atoms with Gasteiger partial charge in [-0.25, -0.2) is 0 Å². The molecule has 26 heavy (non-hydrogen) atoms. The molecule has 1 aromatic rings. The number of rotatable bonds is 4. The van der Waals surface area contributed by atoms with Gasteiger partial charge in [0.25, 0.3) is 5.91 Å². The van der Waals surface area contributed by atoms with E-state index in [1.165, 1.54) is 48.9 Å². The normalized spacial score (nSPS) is 22.7. The van der Waals surface area contributed by atoms with Crippen LogP contribution in [0.15, 0.2) is 32.2 Å². The fourth-order valence-corrected chi connectivity index (χ4v) is 4.51. The van der Waals surface area contributed by atoms with E-state index in [0.29, 0.717) is 10.9 Å². The van der Waals surface area contributed by atoms with Crippen LogP contribution < -0.4 is 0 Å². The highest BCUT2D eigenvalue weighted by atomic mass is 32.2. The number of thioether (sulfide) groups is 1. The highest BCUT2D eigenvalue weighted by Gasteiger charge is 2.35. The molecular formula is C19H22N4O2S. The van der Waals surface area contributed by atoms with E-state index in [1.54, 1.807) is 12.1 Å². The van der Waals surface area contributed by atoms with Crippen LogP contribution in [0.5, 0.6) is 0 Å². The number of carbonyl (C=O) groups excluding carboxylic acids is 1. The van der Waals surface area contributed by atoms with E-state index in [4.69, 9.17) is 9.83 Å². The number of nitrogens with one attached hydrogen (secondary N) is 1. The van der Waals surface area contributed by atoms with Crippen LogP contribution in [0.4, 0.5) is 0 Å². The molecule has 4 rings (SSSR count). The summed E-state index contributed by atoms with van der Waals surface area (Å²) in [5, 5.41) is 15.8. The van der Waals surface area contributed by atoms with E-state index >= 15 is 0 Å². The van der Waals surface area contributed by atoms with Gasteiger partial charge in [-0.15, -0.1) is 0 Å². The molecule has 1 N–H and O–H groups in total. The fraction of sp³-hybridized carbons (Fsp3) is 0.474. The van der Waals surface area contributed by atoms with Crippen molar-refractivity contribution < 1.29 is 9.21 Å². The molecular weight excluding hydrogens is 348 g/mol. The van der Waals surface area contributed by atoms with Crippen molar-refractivity contribution in [2.45, 2.75) is 51.9 Å². The zero-order valence-corrected chi connectivity index (χ0v) is 15.6. The third-order valence-electron chi connectivity index (χ3n) is 5.04. The van der Waals surface area contributed by atoms with Gasteiger partial charge in [-0.2, -0.15) is 15.1 Å². The van der Waals surface area contributed by atoms with E-state index in [1.807, 2.05) is 13.0 Å². The zero-order valence-electron chi connectivity index (χ0n) is 14.8. The van der Waals surface area contributed by atoms with E-state index < -0.39 is 5.91 Å². The standard InChI is InChI=1S/C19H22N4O2S/c1-12-7-9-14(25-12)11-15-17(20)23-19(21-18(15)24)26-16(22-23)10-8-13-5-3-2-4-6-13/h7,9,11,13,20H,2-6,8,10H2,1H3. The van der Waals surface area contributed by atoms with E-state index in [9.17, 15) is 4.79 Å². The summed E-state index contributed by atoms with van der Waals surface area (Å²) >= 11 is 1.42. The predicted octanol–water partition coefficient (Wildman–Crippen LogP) is 4.57. The molecule has 1 saturated carbocycles. The summed E-state index contributed by atoms with van der Waals surface area (Å²) in [5.74, 6) is 1.74. The quantitative estimate of drug-likeness (QED) is 0.787. The Morgan fingerprint density at radius 1 is 1.35 bits per heavy atom. The molecule has 0 unspecified atom stereocenters. The molecule has 1 amide bonds. The molecule has 0 aromatic carbocycles. The first-order valence-corrected chi connectivity index (χ1v) is 9.97. The van der Waals surface area contributed by atoms with Crippen molar-refractivity contribution in [3.8, 4) is 0 Å². The summed E-state index contributed by atoms with van der Waals surface area (Å²) < 4.78 is 5.49. The highest BCUT2D eigenvalue weighted by molar-refractivity contribution is 8.26. The lowest BCUT2D eigenvalue weighted by Crippen LogP contribution is -2.35. The molecule has 136 valence electrons. The Hall–Kier alpha value is -2.15. The van der Waals surface area contributed by atoms with Crippen molar-refractivity contribution in [2.75, 3.05) is 0 Å². The summed E-state index contributed by atoms with van der Waals surface area (Å²) in [5.41, 5.74) is 0.209. The number of hydrogen-bond donors (Lipinski definition) is 1. The van der Waals surface area contributed by atoms with Crippen molar-refractivity contribution in [1.82, 2.24) is 5.01 Å². The lowest BCUT2D eigenvalue weighted by atomic mass is 9.86. The van der Waals surface area contributed by atoms with Crippen molar-refractivity contribution in [2.24, 2.45) is 16.0 Å². The summed E-state index contributed by atoms with van der Waals surface area (Å²) in [4.78, 5) is 16.5. The molecule has 0 spiro atoms. The van der Waals surface area contributed by atoms with Gasteiger partial charge in [-0.1, -0.05) is 32.1 Å². The van der Waals surface area contributed by atoms with Crippen LogP contribution in [0.25, 0.3) is 6.08 Å². The lowest BCUT2D eigenvalue weighted by molar-refractivity contribution is -0.114. The Bertz CT molecular complexity index is 830. The molecule has 0 atom stereocenters. The van der Waals surface area contributed by atoms with Crippen molar-refractivity contribution in [3.63, 3.8) is 0 Å². The molecule has 2 aliphatic heterocycles. The Balaban J connectivity index is 1.47. The number of hydrazone groups is 1. The molecule has 1 fully saturated rings. The van der Waals surface area contributed by atoms with Crippen LogP contribution in [0, 0.1) is 18.3 Å². The average Bonchev–Trinajstić information content (AvgIpc) is 3.23. The number of aryl methyl sites for hydroxylation is 1. The van der Waals surface area contributed by atoms with Crippen molar-refractivity contribution >= 4 is 39.8 Å². The van der Waals surface area contributed by atoms with E-state index in [0.717, 1.165) is 29.6 Å². The molecule has 3 aliphatic rings. The summed E-state index contributed by atoms with van der Waals surface area (Å²) in [7, 11) is 0. The third-order valence-corrected chi connectivity index (χ3v) is 6.00. The van der Waals surface area contributed by atoms with Crippen LogP contribution in [-0.2, 0) is 4.79 Å². The van der Waals surface area contributed by atoms with Gasteiger partial charge in [0.2, 0.25) is 5.17 Å². The van der Waals surface area contributed by atoms with Crippen LogP contribution >= 0.6 is 11.8 Å². The molecule has 3 heterocycles. The Morgan fingerprint density at radius 2 is 2.15 bits per heavy atom. The maximum Gasteiger partial charge on any atom is 0.283 e. The second-order valence-corrected chi connectivity index (χ2v) is 8.05. The molecule has 0 radical (unpaired) electrons. The van der Waals surface area contributed by atoms with E-state index in [2.05, 4.69) is 10.1 Å². The zero-order chi connectivity index (χ0) is 18.1. The van der Waals surface area contributed by atoms with Crippen LogP contribution in [0.1, 0.15) is 56.5 Å². The van der Waals surface area contributed by atoms with Crippen molar-refractivity contribution in [1.29, 1.82) is 5.41 Å². The second-order valence-electron chi connectivity index (χ2n) is 7.00. The predicted molar refractivity (Wildman–Crippen MR) is 104 cm³/mol. The largest absolute Gasteiger partial charge is 0.462 e. The second kappa shape index (κ2) is 7.23. The average molecular weight is 370 g/mol. The molecule has 0 bridgehead atoms. The first kappa shape index (κ1) is 17.3. The van der Waals surface area contributed by atoms with Gasteiger partial charge in [0.05, 0.1) is 5.57 Å². The number of nitrogens with zero attached hydrogens (tertiary/aromatic N) is 3. The van der Waals surface area contributed by atoms with E-state index in [-0.39, 0.29) is 11.4 Å². The monoisotopic (exact) mass is 370 g/mol. The highest BCUT2D eigenvalue weighted by Crippen LogP contribution is 2.33. The number of furan rings is 1. The maximum absolute atomic E-state index is 12.3. The minimum Gasteiger partial charge on any atom is -0.462 e. The van der Waals surface area contributed by atoms with Gasteiger partial charge >= 0.3 is 0 Å². The van der Waals surface area contributed by atoms with Gasteiger partial charge in [0, 0.05) is 0 Å². The Labute approximate surface area is 156 Å². The lowest BCUT2D eigenvalue weighted by Gasteiger charge is -2.20. The fourth-order valence-electron chi connectivity index (χ4n) is 3.61. The molecule has 0 saturated heterocycles. The number of carbonyl (C=O) groups is 1. The van der Waals surface area contributed by atoms with Gasteiger partial charge in [0.15, 0.2) is 5.84 Å². The first-order valence-electron chi connectivity index (χ1n) is 9.15. The van der Waals surface area contributed by atoms with Crippen LogP contribution in [0.3, 0.4) is 0 Å². The number of amides is 1. The van der Waals surface area contributed by atoms with Gasteiger partial charge < -0.3 is 4.42 Å². The van der Waals surface area contributed by atoms with Gasteiger partial charge in [0.1, 0.15) is 16.6 Å². The molecule has 1 aromatic heterocycles. The minimum atomic E-state index is -0.411. The summed E-state index contributed by atoms with van der Waals surface area (Å²) in [6, 6.07) is 3.60. The van der Waals surface area contributed by atoms with Crippen LogP contribution in [-0.4, -0.2) is 27.0 Å². The SMILES string of the molecule is Cc1ccc(C=C2C(=N)N3N=C(CCC4CCCCC4)SC3=NC2=O)o1. The maximum atomic E-state index is 12.3. The molecule has 1 aliphatic carbocycles. The molecule has 6 nitrogen and oxygen atoms in total. The van der Waals surface area contributed by atoms with Gasteiger partial charge in [-0.05, 0) is 55.7 Å². The number of hydrogen-bond acceptors (Lipinski definition) is 5. The summed E-state index contributed by atoms with van der Waals surface area (Å²) in [6.07, 6.45) is 10.2. The Morgan fingerprint density at radius 3 is 2.88 bits per heavy atom. The smallest absolute Gasteiger partial charge is 0.283 e. The first-order chi connectivity index (χ1) is 12.6. The topological polar surface area (TPSA) is 82.0 Å². The Kier molecular flexibility index (Phi) is 4.80. The number of amidine groups is 2. The van der Waals surface area contributed by atoms with Crippen LogP contribution in [0.2, 0.25) is 0 Å². The number of aliphatic imine (C=N–C) groups is 1. The number of fused-ring (bicyclic) bond motifs is 1. The molecule has 7 heteroatoms.